The number of hydrogen-bond acceptors (Lipinski definition) is 4. The minimum atomic E-state index is -0.362. The van der Waals surface area contributed by atoms with Gasteiger partial charge in [-0.15, -0.1) is 0 Å². The van der Waals surface area contributed by atoms with E-state index in [1.165, 1.54) is 12.4 Å². The third kappa shape index (κ3) is 3.75. The maximum Gasteiger partial charge on any atom is 0.153 e. The predicted molar refractivity (Wildman–Crippen MR) is 72.1 cm³/mol. The fourth-order valence-corrected chi connectivity index (χ4v) is 1.89. The Hall–Kier alpha value is -1.50. The van der Waals surface area contributed by atoms with Crippen LogP contribution in [0, 0.1) is 5.82 Å². The van der Waals surface area contributed by atoms with Crippen molar-refractivity contribution in [2.24, 2.45) is 0 Å². The van der Waals surface area contributed by atoms with Crippen LogP contribution in [0.5, 0.6) is 0 Å². The Morgan fingerprint density at radius 3 is 2.95 bits per heavy atom. The van der Waals surface area contributed by atoms with Gasteiger partial charge in [-0.25, -0.2) is 14.1 Å². The number of hydrogen-bond donors (Lipinski definition) is 0. The summed E-state index contributed by atoms with van der Waals surface area (Å²) in [6.45, 7) is 1.47. The average Bonchev–Trinajstić information content (AvgIpc) is 2.87. The van der Waals surface area contributed by atoms with Crippen LogP contribution >= 0.6 is 11.6 Å². The minimum absolute atomic E-state index is 0.217. The second-order valence-corrected chi connectivity index (χ2v) is 4.49. The van der Waals surface area contributed by atoms with E-state index in [4.69, 9.17) is 21.1 Å². The van der Waals surface area contributed by atoms with Gasteiger partial charge in [0.2, 0.25) is 0 Å². The average molecular weight is 300 g/mol. The van der Waals surface area contributed by atoms with Gasteiger partial charge in [-0.1, -0.05) is 17.7 Å². The summed E-state index contributed by atoms with van der Waals surface area (Å²) >= 11 is 6.00. The van der Waals surface area contributed by atoms with Gasteiger partial charge in [0.05, 0.1) is 19.8 Å². The number of rotatable bonds is 7. The smallest absolute Gasteiger partial charge is 0.153 e. The van der Waals surface area contributed by atoms with E-state index in [0.717, 1.165) is 0 Å². The fourth-order valence-electron chi connectivity index (χ4n) is 1.67. The lowest BCUT2D eigenvalue weighted by atomic mass is 10.2. The highest BCUT2D eigenvalue weighted by molar-refractivity contribution is 6.31. The largest absolute Gasteiger partial charge is 0.382 e. The van der Waals surface area contributed by atoms with E-state index >= 15 is 0 Å². The molecule has 0 atom stereocenters. The van der Waals surface area contributed by atoms with Crippen LogP contribution in [-0.4, -0.2) is 35.1 Å². The van der Waals surface area contributed by atoms with Crippen LogP contribution in [-0.2, 0) is 22.6 Å². The molecule has 0 aliphatic rings. The summed E-state index contributed by atoms with van der Waals surface area (Å²) in [5.74, 6) is 0.250. The van der Waals surface area contributed by atoms with Gasteiger partial charge >= 0.3 is 0 Å². The van der Waals surface area contributed by atoms with Crippen LogP contribution in [0.4, 0.5) is 4.39 Å². The maximum atomic E-state index is 13.7. The minimum Gasteiger partial charge on any atom is -0.382 e. The molecule has 1 aromatic carbocycles. The Morgan fingerprint density at radius 2 is 2.20 bits per heavy atom. The van der Waals surface area contributed by atoms with E-state index in [0.29, 0.717) is 29.6 Å². The van der Waals surface area contributed by atoms with Gasteiger partial charge in [0.15, 0.2) is 5.82 Å². The normalized spacial score (nSPS) is 10.9. The lowest BCUT2D eigenvalue weighted by Crippen LogP contribution is -2.11. The Morgan fingerprint density at radius 1 is 1.35 bits per heavy atom. The van der Waals surface area contributed by atoms with E-state index in [1.807, 2.05) is 0 Å². The van der Waals surface area contributed by atoms with E-state index in [1.54, 1.807) is 23.9 Å². The molecule has 0 radical (unpaired) electrons. The van der Waals surface area contributed by atoms with Crippen LogP contribution in [0.1, 0.15) is 11.4 Å². The summed E-state index contributed by atoms with van der Waals surface area (Å²) in [4.78, 5) is 4.09. The summed E-state index contributed by atoms with van der Waals surface area (Å²) in [7, 11) is 1.60. The SMILES string of the molecule is COCCOCc1ncnn1Cc1c(F)cccc1Cl. The zero-order chi connectivity index (χ0) is 14.4. The molecule has 0 unspecified atom stereocenters. The Bertz CT molecular complexity index is 542. The van der Waals surface area contributed by atoms with Gasteiger partial charge < -0.3 is 9.47 Å². The summed E-state index contributed by atoms with van der Waals surface area (Å²) in [6.07, 6.45) is 1.41. The van der Waals surface area contributed by atoms with Crippen molar-refractivity contribution in [3.05, 3.63) is 46.8 Å². The number of halogens is 2. The first-order chi connectivity index (χ1) is 9.72. The second-order valence-electron chi connectivity index (χ2n) is 4.08. The number of benzene rings is 1. The highest BCUT2D eigenvalue weighted by Crippen LogP contribution is 2.20. The predicted octanol–water partition coefficient (Wildman–Crippen LogP) is 2.28. The van der Waals surface area contributed by atoms with Crippen LogP contribution in [0.25, 0.3) is 0 Å². The topological polar surface area (TPSA) is 49.2 Å². The second kappa shape index (κ2) is 7.33. The standard InChI is InChI=1S/C13H15ClFN3O2/c1-19-5-6-20-8-13-16-9-17-18(13)7-10-11(14)3-2-4-12(10)15/h2-4,9H,5-8H2,1H3. The van der Waals surface area contributed by atoms with Crippen LogP contribution in [0.15, 0.2) is 24.5 Å². The molecule has 5 nitrogen and oxygen atoms in total. The van der Waals surface area contributed by atoms with Crippen molar-refractivity contribution in [1.82, 2.24) is 14.8 Å². The lowest BCUT2D eigenvalue weighted by molar-refractivity contribution is 0.0570. The number of aromatic nitrogens is 3. The van der Waals surface area contributed by atoms with Gasteiger partial charge in [-0.3, -0.25) is 0 Å². The monoisotopic (exact) mass is 299 g/mol. The number of nitrogens with zero attached hydrogens (tertiary/aromatic N) is 3. The molecule has 2 rings (SSSR count). The van der Waals surface area contributed by atoms with Crippen molar-refractivity contribution in [2.45, 2.75) is 13.2 Å². The van der Waals surface area contributed by atoms with Gasteiger partial charge in [-0.05, 0) is 12.1 Å². The molecule has 0 bridgehead atoms. The summed E-state index contributed by atoms with van der Waals surface area (Å²) in [6, 6.07) is 4.58. The van der Waals surface area contributed by atoms with Gasteiger partial charge in [0.25, 0.3) is 0 Å². The van der Waals surface area contributed by atoms with Gasteiger partial charge in [0.1, 0.15) is 18.8 Å². The van der Waals surface area contributed by atoms with E-state index in [-0.39, 0.29) is 19.0 Å². The Kier molecular flexibility index (Phi) is 5.46. The quantitative estimate of drug-likeness (QED) is 0.736. The molecular formula is C13H15ClFN3O2. The van der Waals surface area contributed by atoms with Crippen molar-refractivity contribution in [3.8, 4) is 0 Å². The highest BCUT2D eigenvalue weighted by atomic mass is 35.5. The van der Waals surface area contributed by atoms with Crippen molar-refractivity contribution in [2.75, 3.05) is 20.3 Å². The van der Waals surface area contributed by atoms with E-state index in [9.17, 15) is 4.39 Å². The summed E-state index contributed by atoms with van der Waals surface area (Å²) in [5.41, 5.74) is 0.387. The molecule has 0 saturated heterocycles. The third-order valence-electron chi connectivity index (χ3n) is 2.73. The molecule has 0 spiro atoms. The third-order valence-corrected chi connectivity index (χ3v) is 3.08. The van der Waals surface area contributed by atoms with Gasteiger partial charge in [0, 0.05) is 17.7 Å². The number of ether oxygens (including phenoxy) is 2. The molecule has 0 saturated carbocycles. The summed E-state index contributed by atoms with van der Waals surface area (Å²) in [5, 5.41) is 4.43. The molecule has 1 aromatic heterocycles. The van der Waals surface area contributed by atoms with Crippen LogP contribution in [0.2, 0.25) is 5.02 Å². The van der Waals surface area contributed by atoms with Crippen molar-refractivity contribution in [1.29, 1.82) is 0 Å². The first kappa shape index (κ1) is 14.9. The fraction of sp³-hybridized carbons (Fsp3) is 0.385. The van der Waals surface area contributed by atoms with E-state index < -0.39 is 0 Å². The van der Waals surface area contributed by atoms with E-state index in [2.05, 4.69) is 10.1 Å². The van der Waals surface area contributed by atoms with Gasteiger partial charge in [-0.2, -0.15) is 5.10 Å². The lowest BCUT2D eigenvalue weighted by Gasteiger charge is -2.09. The molecule has 1 heterocycles. The molecule has 0 amide bonds. The molecular weight excluding hydrogens is 285 g/mol. The molecule has 0 N–H and O–H groups in total. The Balaban J connectivity index is 2.05. The molecule has 2 aromatic rings. The zero-order valence-electron chi connectivity index (χ0n) is 11.1. The first-order valence-electron chi connectivity index (χ1n) is 6.08. The molecule has 20 heavy (non-hydrogen) atoms. The zero-order valence-corrected chi connectivity index (χ0v) is 11.8. The van der Waals surface area contributed by atoms with Crippen molar-refractivity contribution >= 4 is 11.6 Å². The maximum absolute atomic E-state index is 13.7. The molecule has 108 valence electrons. The first-order valence-corrected chi connectivity index (χ1v) is 6.46. The number of methoxy groups -OCH3 is 1. The summed E-state index contributed by atoms with van der Waals surface area (Å²) < 4.78 is 25.6. The molecule has 0 aliphatic heterocycles. The van der Waals surface area contributed by atoms with Crippen molar-refractivity contribution in [3.63, 3.8) is 0 Å². The van der Waals surface area contributed by atoms with Crippen molar-refractivity contribution < 1.29 is 13.9 Å². The van der Waals surface area contributed by atoms with Crippen LogP contribution < -0.4 is 0 Å². The Labute approximate surface area is 121 Å². The highest BCUT2D eigenvalue weighted by Gasteiger charge is 2.11. The molecule has 0 aliphatic carbocycles. The van der Waals surface area contributed by atoms with Crippen LogP contribution in [0.3, 0.4) is 0 Å². The molecule has 7 heteroatoms. The molecule has 0 fully saturated rings.